The van der Waals surface area contributed by atoms with E-state index in [-0.39, 0.29) is 11.8 Å². The van der Waals surface area contributed by atoms with Crippen molar-refractivity contribution in [2.24, 2.45) is 0 Å². The molecule has 0 saturated carbocycles. The molecule has 0 unspecified atom stereocenters. The number of amides is 2. The van der Waals surface area contributed by atoms with E-state index in [0.29, 0.717) is 16.8 Å². The standard InChI is InChI=1S/C21H25N3O2/c1-22-20(25)17-9-11-19(12-10-17)23-21(26)18-7-5-16(6-8-18)15-24-13-3-2-4-14-24/h5-12H,2-4,13-15H2,1H3,(H,22,25)(H,23,26). The van der Waals surface area contributed by atoms with Crippen LogP contribution in [0.25, 0.3) is 0 Å². The number of rotatable bonds is 5. The maximum Gasteiger partial charge on any atom is 0.255 e. The molecule has 1 saturated heterocycles. The van der Waals surface area contributed by atoms with Crippen LogP contribution in [-0.4, -0.2) is 36.9 Å². The molecule has 1 heterocycles. The molecule has 2 N–H and O–H groups in total. The lowest BCUT2D eigenvalue weighted by Gasteiger charge is -2.26. The maximum atomic E-state index is 12.4. The summed E-state index contributed by atoms with van der Waals surface area (Å²) in [7, 11) is 1.59. The summed E-state index contributed by atoms with van der Waals surface area (Å²) in [5.74, 6) is -0.297. The summed E-state index contributed by atoms with van der Waals surface area (Å²) in [5, 5.41) is 5.43. The molecule has 1 aliphatic rings. The number of nitrogens with one attached hydrogen (secondary N) is 2. The highest BCUT2D eigenvalue weighted by Crippen LogP contribution is 2.15. The average Bonchev–Trinajstić information content (AvgIpc) is 2.69. The predicted molar refractivity (Wildman–Crippen MR) is 103 cm³/mol. The Bertz CT molecular complexity index is 748. The van der Waals surface area contributed by atoms with Gasteiger partial charge in [0.25, 0.3) is 11.8 Å². The van der Waals surface area contributed by atoms with Crippen LogP contribution in [0.2, 0.25) is 0 Å². The molecule has 3 rings (SSSR count). The average molecular weight is 351 g/mol. The van der Waals surface area contributed by atoms with Crippen LogP contribution in [0.3, 0.4) is 0 Å². The molecule has 2 aromatic rings. The zero-order valence-electron chi connectivity index (χ0n) is 15.1. The van der Waals surface area contributed by atoms with Crippen molar-refractivity contribution in [3.8, 4) is 0 Å². The van der Waals surface area contributed by atoms with E-state index in [1.165, 1.54) is 24.8 Å². The maximum absolute atomic E-state index is 12.4. The second-order valence-corrected chi connectivity index (χ2v) is 6.64. The van der Waals surface area contributed by atoms with Gasteiger partial charge in [0, 0.05) is 30.4 Å². The van der Waals surface area contributed by atoms with Crippen LogP contribution in [-0.2, 0) is 6.54 Å². The minimum atomic E-state index is -0.151. The zero-order chi connectivity index (χ0) is 18.4. The quantitative estimate of drug-likeness (QED) is 0.869. The Balaban J connectivity index is 1.58. The molecule has 0 atom stereocenters. The molecular formula is C21H25N3O2. The van der Waals surface area contributed by atoms with Crippen molar-refractivity contribution in [3.63, 3.8) is 0 Å². The highest BCUT2D eigenvalue weighted by Gasteiger charge is 2.11. The van der Waals surface area contributed by atoms with Gasteiger partial charge in [-0.05, 0) is 67.9 Å². The molecule has 0 aliphatic carbocycles. The smallest absolute Gasteiger partial charge is 0.255 e. The van der Waals surface area contributed by atoms with E-state index < -0.39 is 0 Å². The summed E-state index contributed by atoms with van der Waals surface area (Å²) in [4.78, 5) is 26.4. The summed E-state index contributed by atoms with van der Waals surface area (Å²) >= 11 is 0. The monoisotopic (exact) mass is 351 g/mol. The normalized spacial score (nSPS) is 14.7. The fraction of sp³-hybridized carbons (Fsp3) is 0.333. The number of hydrogen-bond acceptors (Lipinski definition) is 3. The van der Waals surface area contributed by atoms with Gasteiger partial charge in [0.1, 0.15) is 0 Å². The van der Waals surface area contributed by atoms with Gasteiger partial charge < -0.3 is 10.6 Å². The molecule has 0 radical (unpaired) electrons. The largest absolute Gasteiger partial charge is 0.355 e. The molecule has 0 aromatic heterocycles. The van der Waals surface area contributed by atoms with Crippen molar-refractivity contribution in [3.05, 3.63) is 65.2 Å². The van der Waals surface area contributed by atoms with E-state index in [9.17, 15) is 9.59 Å². The minimum absolute atomic E-state index is 0.146. The van der Waals surface area contributed by atoms with Gasteiger partial charge in [-0.2, -0.15) is 0 Å². The van der Waals surface area contributed by atoms with Crippen LogP contribution in [0.5, 0.6) is 0 Å². The fourth-order valence-electron chi connectivity index (χ4n) is 3.19. The molecule has 26 heavy (non-hydrogen) atoms. The number of nitrogens with zero attached hydrogens (tertiary/aromatic N) is 1. The van der Waals surface area contributed by atoms with Gasteiger partial charge in [0.15, 0.2) is 0 Å². The molecule has 5 nitrogen and oxygen atoms in total. The molecule has 0 spiro atoms. The Morgan fingerprint density at radius 2 is 1.42 bits per heavy atom. The Labute approximate surface area is 154 Å². The lowest BCUT2D eigenvalue weighted by molar-refractivity contribution is 0.0962. The number of carbonyl (C=O) groups excluding carboxylic acids is 2. The van der Waals surface area contributed by atoms with E-state index in [1.54, 1.807) is 31.3 Å². The first-order valence-corrected chi connectivity index (χ1v) is 9.10. The molecular weight excluding hydrogens is 326 g/mol. The lowest BCUT2D eigenvalue weighted by atomic mass is 10.1. The predicted octanol–water partition coefficient (Wildman–Crippen LogP) is 3.28. The van der Waals surface area contributed by atoms with E-state index >= 15 is 0 Å². The van der Waals surface area contributed by atoms with Gasteiger partial charge in [-0.25, -0.2) is 0 Å². The number of hydrogen-bond donors (Lipinski definition) is 2. The highest BCUT2D eigenvalue weighted by molar-refractivity contribution is 6.04. The second-order valence-electron chi connectivity index (χ2n) is 6.64. The van der Waals surface area contributed by atoms with Crippen molar-refractivity contribution in [1.29, 1.82) is 0 Å². The summed E-state index contributed by atoms with van der Waals surface area (Å²) in [6, 6.07) is 14.6. The van der Waals surface area contributed by atoms with Crippen molar-refractivity contribution in [1.82, 2.24) is 10.2 Å². The molecule has 2 amide bonds. The van der Waals surface area contributed by atoms with Crippen LogP contribution in [0.1, 0.15) is 45.5 Å². The van der Waals surface area contributed by atoms with Gasteiger partial charge >= 0.3 is 0 Å². The first-order chi connectivity index (χ1) is 12.7. The van der Waals surface area contributed by atoms with E-state index in [1.807, 2.05) is 24.3 Å². The minimum Gasteiger partial charge on any atom is -0.355 e. The highest BCUT2D eigenvalue weighted by atomic mass is 16.2. The summed E-state index contributed by atoms with van der Waals surface area (Å²) in [6.45, 7) is 3.27. The fourth-order valence-corrected chi connectivity index (χ4v) is 3.19. The lowest BCUT2D eigenvalue weighted by Crippen LogP contribution is -2.29. The van der Waals surface area contributed by atoms with Crippen LogP contribution in [0, 0.1) is 0 Å². The number of piperidine rings is 1. The van der Waals surface area contributed by atoms with Gasteiger partial charge in [-0.3, -0.25) is 14.5 Å². The second kappa shape index (κ2) is 8.63. The summed E-state index contributed by atoms with van der Waals surface area (Å²) in [6.07, 6.45) is 3.89. The third-order valence-corrected chi connectivity index (χ3v) is 4.70. The van der Waals surface area contributed by atoms with E-state index in [2.05, 4.69) is 15.5 Å². The van der Waals surface area contributed by atoms with E-state index in [0.717, 1.165) is 19.6 Å². The molecule has 136 valence electrons. The van der Waals surface area contributed by atoms with Gasteiger partial charge in [0.2, 0.25) is 0 Å². The topological polar surface area (TPSA) is 61.4 Å². The third kappa shape index (κ3) is 4.70. The Morgan fingerprint density at radius 1 is 0.846 bits per heavy atom. The zero-order valence-corrected chi connectivity index (χ0v) is 15.1. The van der Waals surface area contributed by atoms with Crippen molar-refractivity contribution < 1.29 is 9.59 Å². The van der Waals surface area contributed by atoms with Gasteiger partial charge in [0.05, 0.1) is 0 Å². The van der Waals surface area contributed by atoms with Gasteiger partial charge in [-0.1, -0.05) is 18.6 Å². The first kappa shape index (κ1) is 18.1. The number of likely N-dealkylation sites (tertiary alicyclic amines) is 1. The van der Waals surface area contributed by atoms with Crippen molar-refractivity contribution >= 4 is 17.5 Å². The molecule has 2 aromatic carbocycles. The van der Waals surface area contributed by atoms with Crippen molar-refractivity contribution in [2.45, 2.75) is 25.8 Å². The SMILES string of the molecule is CNC(=O)c1ccc(NC(=O)c2ccc(CN3CCCCC3)cc2)cc1. The van der Waals surface area contributed by atoms with Crippen LogP contribution in [0.15, 0.2) is 48.5 Å². The van der Waals surface area contributed by atoms with Crippen LogP contribution in [0.4, 0.5) is 5.69 Å². The molecule has 0 bridgehead atoms. The van der Waals surface area contributed by atoms with Crippen molar-refractivity contribution in [2.75, 3.05) is 25.5 Å². The summed E-state index contributed by atoms with van der Waals surface area (Å²) in [5.41, 5.74) is 3.09. The Morgan fingerprint density at radius 3 is 2.04 bits per heavy atom. The Hall–Kier alpha value is -2.66. The molecule has 1 aliphatic heterocycles. The van der Waals surface area contributed by atoms with E-state index in [4.69, 9.17) is 0 Å². The third-order valence-electron chi connectivity index (χ3n) is 4.70. The number of benzene rings is 2. The van der Waals surface area contributed by atoms with Crippen LogP contribution < -0.4 is 10.6 Å². The Kier molecular flexibility index (Phi) is 6.02. The molecule has 1 fully saturated rings. The first-order valence-electron chi connectivity index (χ1n) is 9.10. The number of carbonyl (C=O) groups is 2. The van der Waals surface area contributed by atoms with Crippen LogP contribution >= 0.6 is 0 Å². The number of anilines is 1. The van der Waals surface area contributed by atoms with Gasteiger partial charge in [-0.15, -0.1) is 0 Å². The summed E-state index contributed by atoms with van der Waals surface area (Å²) < 4.78 is 0. The molecule has 5 heteroatoms.